The summed E-state index contributed by atoms with van der Waals surface area (Å²) in [6.45, 7) is 0.996. The number of hydrogen-bond donors (Lipinski definition) is 2. The zero-order valence-corrected chi connectivity index (χ0v) is 22.7. The standard InChI is InChI=1S/C31H30F2N4O5/c32-21-13-19(14-22(33)16-21)15-27(38)35-24(30(34)40)17-23-29(20-7-2-1-3-8-20)42-26-10-5-4-9-25(26)37(31(23)41)18-28(39)36-11-6-12-36/h1-5,7-10,13-14,16,23-24,29H,6,11-12,15,17-18H2,(H2,34,40)(H,35,38)/t23?,24-,29-/m0/s1. The van der Waals surface area contributed by atoms with Crippen molar-refractivity contribution in [3.8, 4) is 5.75 Å². The molecule has 4 amide bonds. The largest absolute Gasteiger partial charge is 0.483 e. The molecule has 1 saturated heterocycles. The van der Waals surface area contributed by atoms with Crippen LogP contribution < -0.4 is 20.7 Å². The van der Waals surface area contributed by atoms with Crippen molar-refractivity contribution in [3.05, 3.63) is 95.6 Å². The Morgan fingerprint density at radius 3 is 2.29 bits per heavy atom. The van der Waals surface area contributed by atoms with E-state index in [0.29, 0.717) is 36.2 Å². The van der Waals surface area contributed by atoms with E-state index in [4.69, 9.17) is 10.5 Å². The van der Waals surface area contributed by atoms with Gasteiger partial charge >= 0.3 is 0 Å². The second-order valence-electron chi connectivity index (χ2n) is 10.4. The van der Waals surface area contributed by atoms with Gasteiger partial charge in [-0.3, -0.25) is 24.1 Å². The van der Waals surface area contributed by atoms with Gasteiger partial charge in [-0.15, -0.1) is 0 Å². The number of fused-ring (bicyclic) bond motifs is 1. The SMILES string of the molecule is NC(=O)[C@H](CC1C(=O)N(CC(=O)N2CCC2)c2ccccc2O[C@H]1c1ccccc1)NC(=O)Cc1cc(F)cc(F)c1. The number of carbonyl (C=O) groups excluding carboxylic acids is 4. The number of nitrogens with two attached hydrogens (primary N) is 1. The number of amides is 4. The van der Waals surface area contributed by atoms with Crippen molar-refractivity contribution in [3.63, 3.8) is 0 Å². The van der Waals surface area contributed by atoms with Gasteiger partial charge in [0, 0.05) is 19.2 Å². The number of rotatable bonds is 9. The van der Waals surface area contributed by atoms with Gasteiger partial charge in [0.25, 0.3) is 0 Å². The Hall–Kier alpha value is -4.80. The second kappa shape index (κ2) is 12.4. The highest BCUT2D eigenvalue weighted by atomic mass is 19.1. The molecule has 0 saturated carbocycles. The molecule has 3 aromatic rings. The lowest BCUT2D eigenvalue weighted by atomic mass is 9.88. The van der Waals surface area contributed by atoms with E-state index in [9.17, 15) is 28.0 Å². The summed E-state index contributed by atoms with van der Waals surface area (Å²) < 4.78 is 33.7. The lowest BCUT2D eigenvalue weighted by molar-refractivity contribution is -0.135. The number of para-hydroxylation sites is 2. The predicted octanol–water partition coefficient (Wildman–Crippen LogP) is 2.88. The van der Waals surface area contributed by atoms with E-state index in [0.717, 1.165) is 18.6 Å². The highest BCUT2D eigenvalue weighted by molar-refractivity contribution is 6.02. The van der Waals surface area contributed by atoms with E-state index >= 15 is 0 Å². The van der Waals surface area contributed by atoms with Gasteiger partial charge < -0.3 is 20.7 Å². The van der Waals surface area contributed by atoms with Crippen LogP contribution in [0.1, 0.15) is 30.1 Å². The maximum Gasteiger partial charge on any atom is 0.242 e. The number of nitrogens with one attached hydrogen (secondary N) is 1. The monoisotopic (exact) mass is 576 g/mol. The molecule has 0 spiro atoms. The second-order valence-corrected chi connectivity index (χ2v) is 10.4. The maximum absolute atomic E-state index is 14.3. The van der Waals surface area contributed by atoms with Crippen LogP contribution in [0.15, 0.2) is 72.8 Å². The molecule has 2 aliphatic heterocycles. The number of nitrogens with zero attached hydrogens (tertiary/aromatic N) is 2. The van der Waals surface area contributed by atoms with Crippen LogP contribution in [-0.2, 0) is 25.6 Å². The van der Waals surface area contributed by atoms with E-state index in [2.05, 4.69) is 5.32 Å². The molecule has 3 N–H and O–H groups in total. The summed E-state index contributed by atoms with van der Waals surface area (Å²) in [5.74, 6) is -4.67. The highest BCUT2D eigenvalue weighted by Gasteiger charge is 2.42. The van der Waals surface area contributed by atoms with Gasteiger partial charge in [0.2, 0.25) is 23.6 Å². The third-order valence-corrected chi connectivity index (χ3v) is 7.44. The molecule has 9 nitrogen and oxygen atoms in total. The molecule has 42 heavy (non-hydrogen) atoms. The number of primary amides is 1. The zero-order valence-electron chi connectivity index (χ0n) is 22.7. The van der Waals surface area contributed by atoms with Crippen LogP contribution in [0, 0.1) is 17.6 Å². The summed E-state index contributed by atoms with van der Waals surface area (Å²) in [6, 6.07) is 17.2. The Bertz CT molecular complexity index is 1480. The lowest BCUT2D eigenvalue weighted by Gasteiger charge is -2.34. The number of benzene rings is 3. The third-order valence-electron chi connectivity index (χ3n) is 7.44. The molecule has 218 valence electrons. The minimum Gasteiger partial charge on any atom is -0.483 e. The molecule has 0 bridgehead atoms. The fourth-order valence-electron chi connectivity index (χ4n) is 5.22. The molecule has 5 rings (SSSR count). The Labute approximate surface area is 241 Å². The summed E-state index contributed by atoms with van der Waals surface area (Å²) in [6.07, 6.45) is -0.669. The van der Waals surface area contributed by atoms with Crippen LogP contribution >= 0.6 is 0 Å². The normalized spacial score (nSPS) is 18.7. The molecule has 2 aliphatic rings. The van der Waals surface area contributed by atoms with Crippen molar-refractivity contribution in [2.45, 2.75) is 31.4 Å². The molecule has 0 radical (unpaired) electrons. The summed E-state index contributed by atoms with van der Waals surface area (Å²) in [5, 5.41) is 2.52. The Kier molecular flexibility index (Phi) is 8.46. The molecular weight excluding hydrogens is 546 g/mol. The maximum atomic E-state index is 14.3. The topological polar surface area (TPSA) is 122 Å². The Balaban J connectivity index is 1.46. The van der Waals surface area contributed by atoms with Gasteiger partial charge in [0.05, 0.1) is 18.0 Å². The minimum atomic E-state index is -1.33. The van der Waals surface area contributed by atoms with Crippen LogP contribution in [0.25, 0.3) is 0 Å². The van der Waals surface area contributed by atoms with Crippen molar-refractivity contribution in [2.75, 3.05) is 24.5 Å². The van der Waals surface area contributed by atoms with Crippen molar-refractivity contribution < 1.29 is 32.7 Å². The first-order valence-electron chi connectivity index (χ1n) is 13.6. The highest BCUT2D eigenvalue weighted by Crippen LogP contribution is 2.41. The molecule has 2 heterocycles. The average molecular weight is 577 g/mol. The van der Waals surface area contributed by atoms with E-state index in [1.807, 2.05) is 6.07 Å². The first kappa shape index (κ1) is 28.7. The number of ether oxygens (including phenoxy) is 1. The summed E-state index contributed by atoms with van der Waals surface area (Å²) >= 11 is 0. The van der Waals surface area contributed by atoms with Gasteiger partial charge in [0.15, 0.2) is 0 Å². The fourth-order valence-corrected chi connectivity index (χ4v) is 5.22. The number of halogens is 2. The smallest absolute Gasteiger partial charge is 0.242 e. The van der Waals surface area contributed by atoms with Gasteiger partial charge in [-0.2, -0.15) is 0 Å². The molecular formula is C31H30F2N4O5. The number of anilines is 1. The Morgan fingerprint density at radius 1 is 0.976 bits per heavy atom. The quantitative estimate of drug-likeness (QED) is 0.406. The minimum absolute atomic E-state index is 0.0652. The van der Waals surface area contributed by atoms with Gasteiger partial charge in [-0.1, -0.05) is 42.5 Å². The summed E-state index contributed by atoms with van der Waals surface area (Å²) in [5.41, 5.74) is 6.80. The van der Waals surface area contributed by atoms with Crippen molar-refractivity contribution in [2.24, 2.45) is 11.7 Å². The van der Waals surface area contributed by atoms with Crippen molar-refractivity contribution in [1.82, 2.24) is 10.2 Å². The summed E-state index contributed by atoms with van der Waals surface area (Å²) in [7, 11) is 0. The van der Waals surface area contributed by atoms with E-state index in [-0.39, 0.29) is 24.4 Å². The zero-order chi connectivity index (χ0) is 29.8. The Morgan fingerprint density at radius 2 is 1.64 bits per heavy atom. The molecule has 11 heteroatoms. The summed E-state index contributed by atoms with van der Waals surface area (Å²) in [4.78, 5) is 55.8. The fraction of sp³-hybridized carbons (Fsp3) is 0.290. The molecule has 0 aromatic heterocycles. The first-order chi connectivity index (χ1) is 20.2. The van der Waals surface area contributed by atoms with E-state index in [1.54, 1.807) is 53.4 Å². The van der Waals surface area contributed by atoms with Crippen LogP contribution in [0.2, 0.25) is 0 Å². The first-order valence-corrected chi connectivity index (χ1v) is 13.6. The molecule has 1 unspecified atom stereocenters. The number of hydrogen-bond acceptors (Lipinski definition) is 5. The number of likely N-dealkylation sites (tertiary alicyclic amines) is 1. The van der Waals surface area contributed by atoms with Crippen molar-refractivity contribution in [1.29, 1.82) is 0 Å². The van der Waals surface area contributed by atoms with Crippen LogP contribution in [-0.4, -0.2) is 54.2 Å². The van der Waals surface area contributed by atoms with Gasteiger partial charge in [-0.05, 0) is 48.2 Å². The predicted molar refractivity (Wildman–Crippen MR) is 149 cm³/mol. The van der Waals surface area contributed by atoms with E-state index in [1.165, 1.54) is 4.90 Å². The van der Waals surface area contributed by atoms with Gasteiger partial charge in [0.1, 0.15) is 36.1 Å². The third kappa shape index (κ3) is 6.40. The molecule has 3 aromatic carbocycles. The average Bonchev–Trinajstić information content (AvgIpc) is 3.02. The van der Waals surface area contributed by atoms with Gasteiger partial charge in [-0.25, -0.2) is 8.78 Å². The molecule has 1 fully saturated rings. The van der Waals surface area contributed by atoms with Crippen LogP contribution in [0.3, 0.4) is 0 Å². The van der Waals surface area contributed by atoms with Crippen molar-refractivity contribution >= 4 is 29.3 Å². The molecule has 3 atom stereocenters. The van der Waals surface area contributed by atoms with Crippen LogP contribution in [0.5, 0.6) is 5.75 Å². The molecule has 0 aliphatic carbocycles. The van der Waals surface area contributed by atoms with E-state index < -0.39 is 53.8 Å². The van der Waals surface area contributed by atoms with Crippen LogP contribution in [0.4, 0.5) is 14.5 Å². The lowest BCUT2D eigenvalue weighted by Crippen LogP contribution is -2.51. The number of carbonyl (C=O) groups is 4.